The van der Waals surface area contributed by atoms with Crippen LogP contribution in [0.1, 0.15) is 19.3 Å². The van der Waals surface area contributed by atoms with E-state index in [1.165, 1.54) is 0 Å². The Labute approximate surface area is 164 Å². The molecule has 1 aromatic rings. The maximum atomic E-state index is 13.2. The third kappa shape index (κ3) is 5.59. The Balaban J connectivity index is 0.00000169. The molecule has 0 radical (unpaired) electrons. The van der Waals surface area contributed by atoms with Crippen molar-refractivity contribution in [2.45, 2.75) is 37.3 Å². The second kappa shape index (κ2) is 9.58. The summed E-state index contributed by atoms with van der Waals surface area (Å²) < 4.78 is 31.7. The van der Waals surface area contributed by atoms with E-state index in [9.17, 15) is 13.6 Å². The van der Waals surface area contributed by atoms with Crippen LogP contribution in [0.15, 0.2) is 24.3 Å². The van der Waals surface area contributed by atoms with E-state index in [4.69, 9.17) is 4.74 Å². The minimum atomic E-state index is -2.79. The van der Waals surface area contributed by atoms with Crippen LogP contribution in [-0.2, 0) is 4.79 Å². The number of hydrogen-bond acceptors (Lipinski definition) is 4. The van der Waals surface area contributed by atoms with E-state index in [1.807, 2.05) is 24.3 Å². The fraction of sp³-hybridized carbons (Fsp3) is 0.588. The van der Waals surface area contributed by atoms with Crippen LogP contribution in [-0.4, -0.2) is 50.7 Å². The van der Waals surface area contributed by atoms with Gasteiger partial charge in [-0.05, 0) is 25.0 Å². The Kier molecular flexibility index (Phi) is 8.37. The second-order valence-electron chi connectivity index (χ2n) is 6.49. The number of nitrogens with one attached hydrogen (secondary N) is 2. The summed E-state index contributed by atoms with van der Waals surface area (Å²) in [5, 5.41) is 5.52. The standard InChI is InChI=1S/C17H23F2N3O2.2ClH/c1-24-14-6-2-5-13(8-14)22-7-3-4-12(10-22)21-16(23)15-9-17(18,19)11-20-15;;/h2,5-6,8,12,15,20H,3-4,7,9-11H2,1H3,(H,21,23);2*1H. The van der Waals surface area contributed by atoms with Gasteiger partial charge in [-0.15, -0.1) is 24.8 Å². The largest absolute Gasteiger partial charge is 0.497 e. The number of amides is 1. The third-order valence-electron chi connectivity index (χ3n) is 4.61. The van der Waals surface area contributed by atoms with Crippen LogP contribution in [0.2, 0.25) is 0 Å². The molecule has 2 unspecified atom stereocenters. The molecule has 0 aromatic heterocycles. The molecule has 2 aliphatic rings. The van der Waals surface area contributed by atoms with Crippen LogP contribution in [0, 0.1) is 0 Å². The van der Waals surface area contributed by atoms with Crippen molar-refractivity contribution in [3.8, 4) is 5.75 Å². The molecule has 2 N–H and O–H groups in total. The van der Waals surface area contributed by atoms with Crippen molar-refractivity contribution in [3.63, 3.8) is 0 Å². The van der Waals surface area contributed by atoms with E-state index >= 15 is 0 Å². The first-order chi connectivity index (χ1) is 11.5. The summed E-state index contributed by atoms with van der Waals surface area (Å²) in [4.78, 5) is 14.4. The topological polar surface area (TPSA) is 53.6 Å². The van der Waals surface area contributed by atoms with Gasteiger partial charge in [-0.1, -0.05) is 6.07 Å². The lowest BCUT2D eigenvalue weighted by atomic mass is 10.0. The zero-order valence-corrected chi connectivity index (χ0v) is 16.2. The molecular weight excluding hydrogens is 387 g/mol. The number of carbonyl (C=O) groups is 1. The highest BCUT2D eigenvalue weighted by atomic mass is 35.5. The van der Waals surface area contributed by atoms with Crippen molar-refractivity contribution in [2.75, 3.05) is 31.6 Å². The average molecular weight is 412 g/mol. The number of rotatable bonds is 4. The Morgan fingerprint density at radius 3 is 2.81 bits per heavy atom. The molecule has 2 fully saturated rings. The SMILES string of the molecule is COc1cccc(N2CCCC(NC(=O)C3CC(F)(F)CN3)C2)c1.Cl.Cl. The molecule has 2 heterocycles. The Morgan fingerprint density at radius 1 is 1.38 bits per heavy atom. The molecule has 3 rings (SSSR count). The number of nitrogens with zero attached hydrogens (tertiary/aromatic N) is 1. The first kappa shape index (κ1) is 22.7. The fourth-order valence-corrected chi connectivity index (χ4v) is 3.34. The molecule has 2 aliphatic heterocycles. The first-order valence-electron chi connectivity index (χ1n) is 8.27. The summed E-state index contributed by atoms with van der Waals surface area (Å²) in [6.07, 6.45) is 1.37. The molecule has 0 spiro atoms. The van der Waals surface area contributed by atoms with Gasteiger partial charge >= 0.3 is 0 Å². The predicted molar refractivity (Wildman–Crippen MR) is 102 cm³/mol. The Morgan fingerprint density at radius 2 is 2.15 bits per heavy atom. The summed E-state index contributed by atoms with van der Waals surface area (Å²) in [7, 11) is 1.63. The minimum Gasteiger partial charge on any atom is -0.497 e. The van der Waals surface area contributed by atoms with Crippen LogP contribution in [0.5, 0.6) is 5.75 Å². The zero-order valence-electron chi connectivity index (χ0n) is 14.5. The Hall–Kier alpha value is -1.31. The molecule has 148 valence electrons. The molecule has 1 aromatic carbocycles. The monoisotopic (exact) mass is 411 g/mol. The van der Waals surface area contributed by atoms with Crippen LogP contribution in [0.4, 0.5) is 14.5 Å². The molecule has 0 saturated carbocycles. The van der Waals surface area contributed by atoms with Gasteiger partial charge in [0.2, 0.25) is 5.91 Å². The second-order valence-corrected chi connectivity index (χ2v) is 6.49. The third-order valence-corrected chi connectivity index (χ3v) is 4.61. The van der Waals surface area contributed by atoms with E-state index < -0.39 is 24.9 Å². The summed E-state index contributed by atoms with van der Waals surface area (Å²) in [5.74, 6) is -2.33. The molecule has 1 amide bonds. The minimum absolute atomic E-state index is 0. The quantitative estimate of drug-likeness (QED) is 0.799. The fourth-order valence-electron chi connectivity index (χ4n) is 3.34. The number of anilines is 1. The van der Waals surface area contributed by atoms with E-state index in [2.05, 4.69) is 15.5 Å². The van der Waals surface area contributed by atoms with Gasteiger partial charge in [-0.3, -0.25) is 10.1 Å². The van der Waals surface area contributed by atoms with Crippen LogP contribution in [0.25, 0.3) is 0 Å². The van der Waals surface area contributed by atoms with Crippen molar-refractivity contribution in [2.24, 2.45) is 0 Å². The lowest BCUT2D eigenvalue weighted by Crippen LogP contribution is -2.51. The predicted octanol–water partition coefficient (Wildman–Crippen LogP) is 2.62. The van der Waals surface area contributed by atoms with Gasteiger partial charge in [0, 0.05) is 37.3 Å². The zero-order chi connectivity index (χ0) is 17.2. The van der Waals surface area contributed by atoms with E-state index in [0.29, 0.717) is 6.54 Å². The van der Waals surface area contributed by atoms with Gasteiger partial charge in [0.15, 0.2) is 0 Å². The van der Waals surface area contributed by atoms with Gasteiger partial charge in [-0.2, -0.15) is 0 Å². The van der Waals surface area contributed by atoms with Gasteiger partial charge in [-0.25, -0.2) is 8.78 Å². The van der Waals surface area contributed by atoms with Crippen molar-refractivity contribution >= 4 is 36.4 Å². The van der Waals surface area contributed by atoms with Crippen LogP contribution < -0.4 is 20.3 Å². The number of carbonyl (C=O) groups excluding carboxylic acids is 1. The molecule has 2 saturated heterocycles. The molecule has 9 heteroatoms. The molecule has 2 atom stereocenters. The molecule has 26 heavy (non-hydrogen) atoms. The number of alkyl halides is 2. The van der Waals surface area contributed by atoms with Crippen molar-refractivity contribution < 1.29 is 18.3 Å². The number of methoxy groups -OCH3 is 1. The van der Waals surface area contributed by atoms with Gasteiger partial charge in [0.1, 0.15) is 5.75 Å². The highest BCUT2D eigenvalue weighted by Crippen LogP contribution is 2.26. The molecule has 0 aliphatic carbocycles. The number of benzene rings is 1. The van der Waals surface area contributed by atoms with Gasteiger partial charge < -0.3 is 15.0 Å². The average Bonchev–Trinajstić information content (AvgIpc) is 2.95. The highest BCUT2D eigenvalue weighted by Gasteiger charge is 2.42. The first-order valence-corrected chi connectivity index (χ1v) is 8.27. The van der Waals surface area contributed by atoms with Crippen LogP contribution in [0.3, 0.4) is 0 Å². The van der Waals surface area contributed by atoms with E-state index in [0.717, 1.165) is 30.8 Å². The lowest BCUT2D eigenvalue weighted by Gasteiger charge is -2.35. The van der Waals surface area contributed by atoms with E-state index in [-0.39, 0.29) is 36.8 Å². The smallest absolute Gasteiger partial charge is 0.262 e. The number of ether oxygens (including phenoxy) is 1. The van der Waals surface area contributed by atoms with Crippen molar-refractivity contribution in [1.82, 2.24) is 10.6 Å². The maximum absolute atomic E-state index is 13.2. The summed E-state index contributed by atoms with van der Waals surface area (Å²) >= 11 is 0. The summed E-state index contributed by atoms with van der Waals surface area (Å²) in [6, 6.07) is 6.95. The summed E-state index contributed by atoms with van der Waals surface area (Å²) in [5.41, 5.74) is 1.04. The maximum Gasteiger partial charge on any atom is 0.262 e. The molecule has 0 bridgehead atoms. The highest BCUT2D eigenvalue weighted by molar-refractivity contribution is 5.85. The molecule has 5 nitrogen and oxygen atoms in total. The normalized spacial score (nSPS) is 24.2. The number of hydrogen-bond donors (Lipinski definition) is 2. The van der Waals surface area contributed by atoms with Crippen LogP contribution >= 0.6 is 24.8 Å². The van der Waals surface area contributed by atoms with Gasteiger partial charge in [0.25, 0.3) is 5.92 Å². The van der Waals surface area contributed by atoms with Gasteiger partial charge in [0.05, 0.1) is 19.7 Å². The number of piperidine rings is 1. The Bertz CT molecular complexity index is 607. The number of halogens is 4. The summed E-state index contributed by atoms with van der Waals surface area (Å²) in [6.45, 7) is 1.15. The van der Waals surface area contributed by atoms with E-state index in [1.54, 1.807) is 7.11 Å². The van der Waals surface area contributed by atoms with Crippen molar-refractivity contribution in [1.29, 1.82) is 0 Å². The lowest BCUT2D eigenvalue weighted by molar-refractivity contribution is -0.124. The van der Waals surface area contributed by atoms with Crippen molar-refractivity contribution in [3.05, 3.63) is 24.3 Å². The molecular formula is C17H25Cl2F2N3O2.